The molecule has 3 aromatic rings. The molecule has 0 spiro atoms. The van der Waals surface area contributed by atoms with Crippen molar-refractivity contribution >= 4 is 39.0 Å². The van der Waals surface area contributed by atoms with Gasteiger partial charge in [-0.1, -0.05) is 25.3 Å². The fraction of sp³-hybridized carbons (Fsp3) is 0.541. The van der Waals surface area contributed by atoms with Crippen LogP contribution in [0.15, 0.2) is 36.4 Å². The van der Waals surface area contributed by atoms with Gasteiger partial charge in [0.2, 0.25) is 5.91 Å². The SMILES string of the molecule is CNS(=O)(=O)NC(=O)c1ccc2c(C3CCCCC3)c3n(c2c1)CC1(C(=O)N2[C@@H]4CC[C@@H]2CN(C(=O)N(C)C)C4)CC1c1cc(OC)ccc1-3. The van der Waals surface area contributed by atoms with Crippen LogP contribution in [0.3, 0.4) is 0 Å². The van der Waals surface area contributed by atoms with Crippen molar-refractivity contribution in [1.29, 1.82) is 0 Å². The Morgan fingerprint density at radius 2 is 1.68 bits per heavy atom. The lowest BCUT2D eigenvalue weighted by molar-refractivity contribution is -0.143. The summed E-state index contributed by atoms with van der Waals surface area (Å²) in [5.74, 6) is 0.486. The van der Waals surface area contributed by atoms with E-state index in [2.05, 4.69) is 31.0 Å². The lowest BCUT2D eigenvalue weighted by Gasteiger charge is -2.43. The molecule has 1 aromatic heterocycles. The molecule has 2 N–H and O–H groups in total. The fourth-order valence-corrected chi connectivity index (χ4v) is 10.0. The largest absolute Gasteiger partial charge is 0.497 e. The van der Waals surface area contributed by atoms with E-state index in [1.165, 1.54) is 19.0 Å². The van der Waals surface area contributed by atoms with E-state index < -0.39 is 21.5 Å². The van der Waals surface area contributed by atoms with Gasteiger partial charge in [-0.2, -0.15) is 8.42 Å². The predicted octanol–water partition coefficient (Wildman–Crippen LogP) is 4.40. The number of benzene rings is 2. The molecule has 12 nitrogen and oxygen atoms in total. The Kier molecular flexibility index (Phi) is 7.94. The van der Waals surface area contributed by atoms with E-state index in [0.29, 0.717) is 32.0 Å². The van der Waals surface area contributed by atoms with Gasteiger partial charge >= 0.3 is 16.2 Å². The first-order valence-corrected chi connectivity index (χ1v) is 19.3. The highest BCUT2D eigenvalue weighted by Gasteiger charge is 2.65. The number of fused-ring (bicyclic) bond motifs is 9. The molecule has 2 saturated carbocycles. The topological polar surface area (TPSA) is 133 Å². The lowest BCUT2D eigenvalue weighted by atomic mass is 9.81. The molecule has 4 heterocycles. The second-order valence-electron chi connectivity index (χ2n) is 15.1. The van der Waals surface area contributed by atoms with Crippen LogP contribution in [0.5, 0.6) is 5.75 Å². The number of carbonyl (C=O) groups excluding carboxylic acids is 3. The zero-order valence-electron chi connectivity index (χ0n) is 29.2. The average Bonchev–Trinajstić information content (AvgIpc) is 3.71. The monoisotopic (exact) mass is 702 g/mol. The van der Waals surface area contributed by atoms with Gasteiger partial charge in [-0.05, 0) is 79.5 Å². The summed E-state index contributed by atoms with van der Waals surface area (Å²) in [6, 6.07) is 11.6. The predicted molar refractivity (Wildman–Crippen MR) is 189 cm³/mol. The molecule has 50 heavy (non-hydrogen) atoms. The van der Waals surface area contributed by atoms with Gasteiger partial charge in [0, 0.05) is 80.8 Å². The third-order valence-corrected chi connectivity index (χ3v) is 13.1. The first-order valence-electron chi connectivity index (χ1n) is 17.9. The Morgan fingerprint density at radius 3 is 2.34 bits per heavy atom. The van der Waals surface area contributed by atoms with Crippen molar-refractivity contribution in [2.75, 3.05) is 41.3 Å². The minimum Gasteiger partial charge on any atom is -0.497 e. The van der Waals surface area contributed by atoms with Gasteiger partial charge in [0.05, 0.1) is 18.2 Å². The molecule has 266 valence electrons. The van der Waals surface area contributed by atoms with Crippen molar-refractivity contribution in [1.82, 2.24) is 28.7 Å². The molecule has 2 bridgehead atoms. The number of ether oxygens (including phenoxy) is 1. The van der Waals surface area contributed by atoms with Crippen LogP contribution in [0.1, 0.15) is 84.7 Å². The second kappa shape index (κ2) is 12.0. The van der Waals surface area contributed by atoms with Crippen LogP contribution >= 0.6 is 0 Å². The lowest BCUT2D eigenvalue weighted by Crippen LogP contribution is -2.60. The molecule has 5 aliphatic rings. The molecule has 2 aromatic carbocycles. The number of aromatic nitrogens is 1. The highest BCUT2D eigenvalue weighted by Crippen LogP contribution is 2.66. The number of hydrogen-bond acceptors (Lipinski definition) is 6. The van der Waals surface area contributed by atoms with E-state index in [4.69, 9.17) is 4.74 Å². The van der Waals surface area contributed by atoms with Gasteiger partial charge in [-0.25, -0.2) is 14.2 Å². The summed E-state index contributed by atoms with van der Waals surface area (Å²) in [5.41, 5.74) is 4.91. The summed E-state index contributed by atoms with van der Waals surface area (Å²) in [4.78, 5) is 47.0. The fourth-order valence-electron chi connectivity index (χ4n) is 9.58. The third-order valence-electron chi connectivity index (χ3n) is 12.1. The second-order valence-corrected chi connectivity index (χ2v) is 16.7. The maximum absolute atomic E-state index is 15.2. The third kappa shape index (κ3) is 5.18. The van der Waals surface area contributed by atoms with Crippen LogP contribution in [0.2, 0.25) is 0 Å². The molecule has 8 rings (SSSR count). The zero-order chi connectivity index (χ0) is 35.1. The normalized spacial score (nSPS) is 25.7. The Balaban J connectivity index is 1.28. The number of methoxy groups -OCH3 is 1. The highest BCUT2D eigenvalue weighted by atomic mass is 32.2. The molecule has 4 amide bonds. The number of hydrogen-bond donors (Lipinski definition) is 2. The number of nitrogens with one attached hydrogen (secondary N) is 2. The minimum absolute atomic E-state index is 0.0117. The van der Waals surface area contributed by atoms with Crippen LogP contribution in [0.4, 0.5) is 4.79 Å². The van der Waals surface area contributed by atoms with Crippen molar-refractivity contribution in [3.8, 4) is 17.0 Å². The Bertz CT molecular complexity index is 2010. The molecular weight excluding hydrogens is 657 g/mol. The number of rotatable bonds is 6. The van der Waals surface area contributed by atoms with Gasteiger partial charge < -0.3 is 24.0 Å². The maximum atomic E-state index is 15.2. The van der Waals surface area contributed by atoms with Crippen molar-refractivity contribution < 1.29 is 27.5 Å². The summed E-state index contributed by atoms with van der Waals surface area (Å²) in [7, 11) is 2.45. The molecule has 2 unspecified atom stereocenters. The maximum Gasteiger partial charge on any atom is 0.319 e. The summed E-state index contributed by atoms with van der Waals surface area (Å²) in [6.07, 6.45) is 8.06. The Morgan fingerprint density at radius 1 is 0.960 bits per heavy atom. The van der Waals surface area contributed by atoms with Gasteiger partial charge in [0.25, 0.3) is 5.91 Å². The van der Waals surface area contributed by atoms with Crippen molar-refractivity contribution in [2.45, 2.75) is 81.8 Å². The van der Waals surface area contributed by atoms with Gasteiger partial charge in [0.15, 0.2) is 0 Å². The van der Waals surface area contributed by atoms with Crippen molar-refractivity contribution in [3.05, 3.63) is 53.1 Å². The number of amides is 4. The van der Waals surface area contributed by atoms with Crippen LogP contribution in [0, 0.1) is 5.41 Å². The number of urea groups is 1. The van der Waals surface area contributed by atoms with E-state index in [-0.39, 0.29) is 35.5 Å². The molecule has 2 saturated heterocycles. The number of nitrogens with zero attached hydrogens (tertiary/aromatic N) is 4. The Hall–Kier alpha value is -4.10. The quantitative estimate of drug-likeness (QED) is 0.392. The number of carbonyl (C=O) groups is 3. The van der Waals surface area contributed by atoms with Crippen molar-refractivity contribution in [2.24, 2.45) is 5.41 Å². The van der Waals surface area contributed by atoms with E-state index in [0.717, 1.165) is 72.0 Å². The molecule has 3 aliphatic heterocycles. The molecule has 4 atom stereocenters. The molecular formula is C37H46N6O6S. The van der Waals surface area contributed by atoms with Crippen LogP contribution in [0.25, 0.3) is 22.2 Å². The summed E-state index contributed by atoms with van der Waals surface area (Å²) >= 11 is 0. The number of likely N-dealkylation sites (tertiary alicyclic amines) is 1. The zero-order valence-corrected chi connectivity index (χ0v) is 30.0. The van der Waals surface area contributed by atoms with Gasteiger partial charge in [-0.3, -0.25) is 9.59 Å². The van der Waals surface area contributed by atoms with E-state index in [1.54, 1.807) is 38.2 Å². The molecule has 13 heteroatoms. The first kappa shape index (κ1) is 33.1. The minimum atomic E-state index is -4.00. The average molecular weight is 703 g/mol. The molecule has 0 radical (unpaired) electrons. The van der Waals surface area contributed by atoms with Crippen LogP contribution < -0.4 is 14.2 Å². The molecule has 2 aliphatic carbocycles. The highest BCUT2D eigenvalue weighted by molar-refractivity contribution is 7.88. The summed E-state index contributed by atoms with van der Waals surface area (Å²) in [6.45, 7) is 1.51. The van der Waals surface area contributed by atoms with Crippen LogP contribution in [-0.2, 0) is 21.5 Å². The van der Waals surface area contributed by atoms with Gasteiger partial charge in [-0.15, -0.1) is 0 Å². The van der Waals surface area contributed by atoms with E-state index >= 15 is 4.79 Å². The first-order chi connectivity index (χ1) is 24.0. The summed E-state index contributed by atoms with van der Waals surface area (Å²) < 4.78 is 36.8. The van der Waals surface area contributed by atoms with Crippen molar-refractivity contribution in [3.63, 3.8) is 0 Å². The van der Waals surface area contributed by atoms with E-state index in [9.17, 15) is 18.0 Å². The van der Waals surface area contributed by atoms with Gasteiger partial charge in [0.1, 0.15) is 5.75 Å². The summed E-state index contributed by atoms with van der Waals surface area (Å²) in [5, 5.41) is 1.04. The smallest absolute Gasteiger partial charge is 0.319 e. The van der Waals surface area contributed by atoms with Crippen LogP contribution in [-0.4, -0.2) is 99.0 Å². The standard InChI is InChI=1S/C37H46N6O6S/c1-38-50(47,48)39-34(44)23-10-14-28-31(16-23)42-21-37(35(45)43-24-11-12-25(43)20-41(19-24)36(46)40(2)3)18-30(37)29-17-26(49-4)13-15-27(29)33(42)32(28)22-8-6-5-7-9-22/h10,13-17,22,24-25,30,38H,5-9,11-12,18-21H2,1-4H3,(H,39,44)/t24-,25-,30?,37?/m1/s1. The number of piperazine rings is 1. The van der Waals surface area contributed by atoms with E-state index in [1.807, 2.05) is 17.0 Å². The Labute approximate surface area is 293 Å². The molecule has 4 fully saturated rings.